The third-order valence-corrected chi connectivity index (χ3v) is 4.54. The van der Waals surface area contributed by atoms with Gasteiger partial charge in [-0.15, -0.1) is 0 Å². The molecule has 5 nitrogen and oxygen atoms in total. The van der Waals surface area contributed by atoms with Gasteiger partial charge in [0.05, 0.1) is 18.2 Å². The molecule has 0 fully saturated rings. The van der Waals surface area contributed by atoms with E-state index in [0.29, 0.717) is 5.56 Å². The van der Waals surface area contributed by atoms with Crippen LogP contribution in [0.15, 0.2) is 48.5 Å². The van der Waals surface area contributed by atoms with Crippen LogP contribution in [0.3, 0.4) is 0 Å². The van der Waals surface area contributed by atoms with Crippen LogP contribution in [-0.2, 0) is 16.1 Å². The topological polar surface area (TPSA) is 75.6 Å². The van der Waals surface area contributed by atoms with Gasteiger partial charge in [-0.1, -0.05) is 50.2 Å². The number of benzene rings is 2. The molecule has 7 heteroatoms. The zero-order valence-electron chi connectivity index (χ0n) is 16.6. The van der Waals surface area contributed by atoms with Crippen molar-refractivity contribution in [3.05, 3.63) is 70.8 Å². The number of hydrogen-bond donors (Lipinski definition) is 2. The number of alkyl halides is 2. The second kappa shape index (κ2) is 10.1. The van der Waals surface area contributed by atoms with Crippen molar-refractivity contribution >= 4 is 11.9 Å². The first-order chi connectivity index (χ1) is 13.7. The number of carboxylic acids is 1. The predicted molar refractivity (Wildman–Crippen MR) is 105 cm³/mol. The number of halogens is 2. The Morgan fingerprint density at radius 1 is 0.966 bits per heavy atom. The van der Waals surface area contributed by atoms with Crippen molar-refractivity contribution in [1.82, 2.24) is 5.32 Å². The van der Waals surface area contributed by atoms with Crippen LogP contribution >= 0.6 is 0 Å². The second-order valence-electron chi connectivity index (χ2n) is 7.18. The van der Waals surface area contributed by atoms with Gasteiger partial charge in [0.2, 0.25) is 5.91 Å². The summed E-state index contributed by atoms with van der Waals surface area (Å²) >= 11 is 0. The number of hydrogen-bond acceptors (Lipinski definition) is 3. The quantitative estimate of drug-likeness (QED) is 0.632. The van der Waals surface area contributed by atoms with Gasteiger partial charge in [0.15, 0.2) is 0 Å². The molecule has 0 spiro atoms. The van der Waals surface area contributed by atoms with Gasteiger partial charge in [-0.05, 0) is 36.1 Å². The van der Waals surface area contributed by atoms with Crippen LogP contribution in [0.25, 0.3) is 0 Å². The molecule has 0 radical (unpaired) electrons. The summed E-state index contributed by atoms with van der Waals surface area (Å²) in [6.45, 7) is 5.64. The van der Waals surface area contributed by atoms with Crippen molar-refractivity contribution in [3.8, 4) is 0 Å². The van der Waals surface area contributed by atoms with E-state index in [1.165, 1.54) is 24.3 Å². The summed E-state index contributed by atoms with van der Waals surface area (Å²) in [6, 6.07) is 11.8. The van der Waals surface area contributed by atoms with Crippen LogP contribution in [0, 0.1) is 5.92 Å². The fraction of sp³-hybridized carbons (Fsp3) is 0.364. The lowest BCUT2D eigenvalue weighted by atomic mass is 10.0. The molecular weight excluding hydrogens is 380 g/mol. The van der Waals surface area contributed by atoms with Crippen molar-refractivity contribution in [2.45, 2.75) is 45.9 Å². The molecule has 0 aromatic heterocycles. The molecule has 0 aliphatic heterocycles. The number of rotatable bonds is 9. The molecule has 0 saturated carbocycles. The average Bonchev–Trinajstić information content (AvgIpc) is 2.68. The van der Waals surface area contributed by atoms with E-state index in [4.69, 9.17) is 9.84 Å². The van der Waals surface area contributed by atoms with Gasteiger partial charge >= 0.3 is 5.97 Å². The largest absolute Gasteiger partial charge is 0.478 e. The summed E-state index contributed by atoms with van der Waals surface area (Å²) in [4.78, 5) is 23.6. The molecule has 2 aromatic carbocycles. The zero-order valence-corrected chi connectivity index (χ0v) is 16.6. The van der Waals surface area contributed by atoms with Gasteiger partial charge < -0.3 is 15.2 Å². The van der Waals surface area contributed by atoms with E-state index in [0.717, 1.165) is 5.56 Å². The summed E-state index contributed by atoms with van der Waals surface area (Å²) in [5.41, 5.74) is 1.58. The Morgan fingerprint density at radius 2 is 1.52 bits per heavy atom. The van der Waals surface area contributed by atoms with E-state index < -0.39 is 18.5 Å². The molecule has 0 aliphatic carbocycles. The molecule has 2 aromatic rings. The van der Waals surface area contributed by atoms with Crippen LogP contribution in [0.2, 0.25) is 0 Å². The molecule has 0 heterocycles. The molecule has 0 aliphatic rings. The Hall–Kier alpha value is -2.80. The maximum absolute atomic E-state index is 12.7. The summed E-state index contributed by atoms with van der Waals surface area (Å²) in [5, 5.41) is 11.8. The number of carbonyl (C=O) groups is 2. The summed E-state index contributed by atoms with van der Waals surface area (Å²) in [6.07, 6.45) is -3.24. The van der Waals surface area contributed by atoms with Gasteiger partial charge in [0, 0.05) is 5.56 Å². The Bertz CT molecular complexity index is 820. The Labute approximate surface area is 168 Å². The highest BCUT2D eigenvalue weighted by atomic mass is 19.3. The fourth-order valence-corrected chi connectivity index (χ4v) is 2.81. The number of amides is 1. The highest BCUT2D eigenvalue weighted by molar-refractivity contribution is 5.87. The van der Waals surface area contributed by atoms with E-state index in [1.54, 1.807) is 31.2 Å². The molecule has 0 bridgehead atoms. The van der Waals surface area contributed by atoms with Crippen molar-refractivity contribution in [2.75, 3.05) is 0 Å². The van der Waals surface area contributed by atoms with Gasteiger partial charge in [0.1, 0.15) is 6.10 Å². The predicted octanol–water partition coefficient (Wildman–Crippen LogP) is 4.74. The summed E-state index contributed by atoms with van der Waals surface area (Å²) in [5.74, 6) is -1.40. The van der Waals surface area contributed by atoms with Crippen LogP contribution < -0.4 is 5.32 Å². The Morgan fingerprint density at radius 3 is 2.00 bits per heavy atom. The van der Waals surface area contributed by atoms with Crippen molar-refractivity contribution in [1.29, 1.82) is 0 Å². The SMILES string of the molecule is CC(C)[C@@H](OCc1ccc(C(F)F)cc1)C(=O)N[C@@H](C)c1ccc(C(=O)O)cc1. The van der Waals surface area contributed by atoms with E-state index >= 15 is 0 Å². The molecule has 29 heavy (non-hydrogen) atoms. The molecular formula is C22H25F2NO4. The van der Waals surface area contributed by atoms with Crippen molar-refractivity contribution in [2.24, 2.45) is 5.92 Å². The lowest BCUT2D eigenvalue weighted by Gasteiger charge is -2.23. The average molecular weight is 405 g/mol. The maximum atomic E-state index is 12.7. The van der Waals surface area contributed by atoms with E-state index in [2.05, 4.69) is 5.32 Å². The van der Waals surface area contributed by atoms with Crippen LogP contribution in [0.1, 0.15) is 60.3 Å². The minimum Gasteiger partial charge on any atom is -0.478 e. The number of carboxylic acid groups (broad SMARTS) is 1. The highest BCUT2D eigenvalue weighted by Gasteiger charge is 2.24. The lowest BCUT2D eigenvalue weighted by molar-refractivity contribution is -0.137. The van der Waals surface area contributed by atoms with Crippen molar-refractivity contribution in [3.63, 3.8) is 0 Å². The fourth-order valence-electron chi connectivity index (χ4n) is 2.81. The van der Waals surface area contributed by atoms with Crippen molar-refractivity contribution < 1.29 is 28.2 Å². The molecule has 2 N–H and O–H groups in total. The molecule has 0 saturated heterocycles. The third kappa shape index (κ3) is 6.35. The van der Waals surface area contributed by atoms with Crippen LogP contribution in [-0.4, -0.2) is 23.1 Å². The number of nitrogens with one attached hydrogen (secondary N) is 1. The first kappa shape index (κ1) is 22.5. The lowest BCUT2D eigenvalue weighted by Crippen LogP contribution is -2.40. The van der Waals surface area contributed by atoms with E-state index in [1.807, 2.05) is 13.8 Å². The molecule has 2 atom stereocenters. The van der Waals surface area contributed by atoms with Gasteiger partial charge in [0.25, 0.3) is 6.43 Å². The van der Waals surface area contributed by atoms with Gasteiger partial charge in [-0.2, -0.15) is 0 Å². The van der Waals surface area contributed by atoms with Gasteiger partial charge in [-0.3, -0.25) is 4.79 Å². The molecule has 1 amide bonds. The minimum atomic E-state index is -2.52. The maximum Gasteiger partial charge on any atom is 0.335 e. The van der Waals surface area contributed by atoms with E-state index in [-0.39, 0.29) is 35.6 Å². The summed E-state index contributed by atoms with van der Waals surface area (Å²) < 4.78 is 31.0. The molecule has 156 valence electrons. The van der Waals surface area contributed by atoms with Crippen LogP contribution in [0.5, 0.6) is 0 Å². The first-order valence-electron chi connectivity index (χ1n) is 9.31. The smallest absolute Gasteiger partial charge is 0.335 e. The summed E-state index contributed by atoms with van der Waals surface area (Å²) in [7, 11) is 0. The standard InChI is InChI=1S/C22H25F2NO4/c1-13(2)19(29-12-15-4-6-17(7-5-15)20(23)24)21(26)25-14(3)16-8-10-18(11-9-16)22(27)28/h4-11,13-14,19-20H,12H2,1-3H3,(H,25,26)(H,27,28)/t14-,19+/m0/s1. The Balaban J connectivity index is 1.98. The number of ether oxygens (including phenoxy) is 1. The minimum absolute atomic E-state index is 0.0605. The third-order valence-electron chi connectivity index (χ3n) is 4.54. The van der Waals surface area contributed by atoms with Gasteiger partial charge in [-0.25, -0.2) is 13.6 Å². The zero-order chi connectivity index (χ0) is 21.6. The van der Waals surface area contributed by atoms with E-state index in [9.17, 15) is 18.4 Å². The molecule has 2 rings (SSSR count). The molecule has 0 unspecified atom stereocenters. The monoisotopic (exact) mass is 405 g/mol. The Kier molecular flexibility index (Phi) is 7.84. The highest BCUT2D eigenvalue weighted by Crippen LogP contribution is 2.20. The number of carbonyl (C=O) groups excluding carboxylic acids is 1. The second-order valence-corrected chi connectivity index (χ2v) is 7.18. The normalized spacial score (nSPS) is 13.3. The van der Waals surface area contributed by atoms with Crippen LogP contribution in [0.4, 0.5) is 8.78 Å². The first-order valence-corrected chi connectivity index (χ1v) is 9.31. The number of aromatic carboxylic acids is 1.